The van der Waals surface area contributed by atoms with Crippen LogP contribution in [0.1, 0.15) is 47.8 Å². The van der Waals surface area contributed by atoms with Gasteiger partial charge in [0, 0.05) is 51.5 Å². The Morgan fingerprint density at radius 2 is 1.86 bits per heavy atom. The standard InChI is InChI=1S/C28H36N4O3/c1-3-34-26-14-10-13-24-22-31(21-23-11-6-4-7-12-23)18-19-32(17-8-5-9-20-35-27(24)26)28(33)25-15-16-29-30(25)2/h4,6-7,10-16H,3,5,8-9,17-22H2,1-2H3. The van der Waals surface area contributed by atoms with Crippen molar-refractivity contribution < 1.29 is 14.3 Å². The van der Waals surface area contributed by atoms with Gasteiger partial charge in [0.1, 0.15) is 5.69 Å². The molecule has 1 aliphatic rings. The third-order valence-corrected chi connectivity index (χ3v) is 6.34. The van der Waals surface area contributed by atoms with Crippen molar-refractivity contribution in [3.8, 4) is 11.5 Å². The average molecular weight is 477 g/mol. The molecule has 2 aromatic carbocycles. The van der Waals surface area contributed by atoms with Crippen molar-refractivity contribution >= 4 is 5.91 Å². The number of para-hydroxylation sites is 1. The molecule has 3 aromatic rings. The summed E-state index contributed by atoms with van der Waals surface area (Å²) in [7, 11) is 1.82. The largest absolute Gasteiger partial charge is 0.490 e. The molecule has 1 aliphatic heterocycles. The van der Waals surface area contributed by atoms with Crippen LogP contribution in [-0.4, -0.2) is 58.3 Å². The van der Waals surface area contributed by atoms with Crippen molar-refractivity contribution in [3.05, 3.63) is 77.6 Å². The van der Waals surface area contributed by atoms with E-state index in [0.717, 1.165) is 56.0 Å². The summed E-state index contributed by atoms with van der Waals surface area (Å²) < 4.78 is 13.8. The van der Waals surface area contributed by atoms with Gasteiger partial charge in [0.15, 0.2) is 11.5 Å². The van der Waals surface area contributed by atoms with Crippen molar-refractivity contribution in [2.45, 2.75) is 39.3 Å². The Kier molecular flexibility index (Phi) is 8.79. The van der Waals surface area contributed by atoms with Gasteiger partial charge in [0.25, 0.3) is 5.91 Å². The number of fused-ring (bicyclic) bond motifs is 1. The number of nitrogens with zero attached hydrogens (tertiary/aromatic N) is 4. The minimum Gasteiger partial charge on any atom is -0.490 e. The number of benzene rings is 2. The molecule has 0 saturated heterocycles. The van der Waals surface area contributed by atoms with E-state index >= 15 is 0 Å². The molecule has 1 amide bonds. The first kappa shape index (κ1) is 24.8. The predicted molar refractivity (Wildman–Crippen MR) is 137 cm³/mol. The van der Waals surface area contributed by atoms with Gasteiger partial charge in [-0.2, -0.15) is 5.10 Å². The Morgan fingerprint density at radius 3 is 2.63 bits per heavy atom. The summed E-state index contributed by atoms with van der Waals surface area (Å²) in [4.78, 5) is 17.7. The van der Waals surface area contributed by atoms with E-state index in [9.17, 15) is 4.79 Å². The van der Waals surface area contributed by atoms with Gasteiger partial charge in [-0.25, -0.2) is 0 Å². The van der Waals surface area contributed by atoms with Crippen molar-refractivity contribution in [3.63, 3.8) is 0 Å². The van der Waals surface area contributed by atoms with E-state index in [1.54, 1.807) is 16.9 Å². The lowest BCUT2D eigenvalue weighted by atomic mass is 10.1. The SMILES string of the molecule is CCOc1cccc2c1OCCCCCN(C(=O)c1ccnn1C)CCN(Cc1ccccc1)C2. The van der Waals surface area contributed by atoms with Gasteiger partial charge in [-0.05, 0) is 43.9 Å². The second-order valence-electron chi connectivity index (χ2n) is 8.92. The zero-order valence-electron chi connectivity index (χ0n) is 20.9. The molecule has 186 valence electrons. The molecule has 0 fully saturated rings. The lowest BCUT2D eigenvalue weighted by Crippen LogP contribution is -2.39. The van der Waals surface area contributed by atoms with Crippen LogP contribution in [-0.2, 0) is 20.1 Å². The van der Waals surface area contributed by atoms with E-state index < -0.39 is 0 Å². The van der Waals surface area contributed by atoms with Crippen molar-refractivity contribution in [1.29, 1.82) is 0 Å². The maximum absolute atomic E-state index is 13.4. The highest BCUT2D eigenvalue weighted by atomic mass is 16.5. The van der Waals surface area contributed by atoms with Gasteiger partial charge in [-0.1, -0.05) is 42.5 Å². The van der Waals surface area contributed by atoms with Crippen molar-refractivity contribution in [1.82, 2.24) is 19.6 Å². The number of aromatic nitrogens is 2. The Balaban J connectivity index is 1.61. The minimum absolute atomic E-state index is 0.0369. The smallest absolute Gasteiger partial charge is 0.272 e. The summed E-state index contributed by atoms with van der Waals surface area (Å²) in [6, 6.07) is 18.4. The fourth-order valence-electron chi connectivity index (χ4n) is 4.49. The Morgan fingerprint density at radius 1 is 1.00 bits per heavy atom. The van der Waals surface area contributed by atoms with Gasteiger partial charge >= 0.3 is 0 Å². The number of hydrogen-bond donors (Lipinski definition) is 0. The summed E-state index contributed by atoms with van der Waals surface area (Å²) in [5.74, 6) is 1.68. The Hall–Kier alpha value is -3.32. The highest BCUT2D eigenvalue weighted by Crippen LogP contribution is 2.33. The summed E-state index contributed by atoms with van der Waals surface area (Å²) >= 11 is 0. The van der Waals surface area contributed by atoms with Gasteiger partial charge in [-0.15, -0.1) is 0 Å². The molecular formula is C28H36N4O3. The molecule has 7 heteroatoms. The lowest BCUT2D eigenvalue weighted by Gasteiger charge is -2.28. The minimum atomic E-state index is 0.0369. The number of amides is 1. The summed E-state index contributed by atoms with van der Waals surface area (Å²) in [5.41, 5.74) is 2.97. The molecule has 1 aromatic heterocycles. The number of rotatable bonds is 5. The van der Waals surface area contributed by atoms with Crippen LogP contribution in [0.25, 0.3) is 0 Å². The van der Waals surface area contributed by atoms with Crippen molar-refractivity contribution in [2.75, 3.05) is 32.8 Å². The molecule has 0 radical (unpaired) electrons. The molecule has 0 spiro atoms. The maximum atomic E-state index is 13.4. The molecule has 0 unspecified atom stereocenters. The zero-order chi connectivity index (χ0) is 24.5. The van der Waals surface area contributed by atoms with E-state index in [2.05, 4.69) is 40.3 Å². The average Bonchev–Trinajstić information content (AvgIpc) is 3.30. The van der Waals surface area contributed by atoms with Crippen LogP contribution in [0.4, 0.5) is 0 Å². The summed E-state index contributed by atoms with van der Waals surface area (Å²) in [6.07, 6.45) is 4.54. The number of carbonyl (C=O) groups excluding carboxylic acids is 1. The zero-order valence-corrected chi connectivity index (χ0v) is 20.9. The van der Waals surface area contributed by atoms with E-state index in [4.69, 9.17) is 9.47 Å². The number of hydrogen-bond acceptors (Lipinski definition) is 5. The van der Waals surface area contributed by atoms with Crippen LogP contribution in [0.5, 0.6) is 11.5 Å². The van der Waals surface area contributed by atoms with Crippen LogP contribution in [0.3, 0.4) is 0 Å². The summed E-state index contributed by atoms with van der Waals surface area (Å²) in [6.45, 7) is 6.83. The first-order valence-corrected chi connectivity index (χ1v) is 12.6. The maximum Gasteiger partial charge on any atom is 0.272 e. The Labute approximate surface area is 208 Å². The molecule has 0 aliphatic carbocycles. The molecule has 4 rings (SSSR count). The van der Waals surface area contributed by atoms with Crippen LogP contribution in [0.15, 0.2) is 60.8 Å². The Bertz CT molecular complexity index is 1080. The number of ether oxygens (including phenoxy) is 2. The van der Waals surface area contributed by atoms with E-state index in [0.29, 0.717) is 32.0 Å². The van der Waals surface area contributed by atoms with E-state index in [1.807, 2.05) is 37.1 Å². The molecule has 0 bridgehead atoms. The van der Waals surface area contributed by atoms with Crippen molar-refractivity contribution in [2.24, 2.45) is 7.05 Å². The van der Waals surface area contributed by atoms with E-state index in [1.165, 1.54) is 5.56 Å². The molecule has 2 heterocycles. The fraction of sp³-hybridized carbons (Fsp3) is 0.429. The second kappa shape index (κ2) is 12.4. The van der Waals surface area contributed by atoms with Gasteiger partial charge in [0.2, 0.25) is 0 Å². The van der Waals surface area contributed by atoms with Gasteiger partial charge < -0.3 is 14.4 Å². The molecule has 7 nitrogen and oxygen atoms in total. The molecular weight excluding hydrogens is 440 g/mol. The molecule has 0 N–H and O–H groups in total. The summed E-state index contributed by atoms with van der Waals surface area (Å²) in [5, 5.41) is 4.20. The van der Waals surface area contributed by atoms with Crippen LogP contribution in [0.2, 0.25) is 0 Å². The molecule has 35 heavy (non-hydrogen) atoms. The third kappa shape index (κ3) is 6.63. The highest BCUT2D eigenvalue weighted by Gasteiger charge is 2.21. The van der Waals surface area contributed by atoms with Crippen LogP contribution < -0.4 is 9.47 Å². The van der Waals surface area contributed by atoms with Crippen LogP contribution in [0, 0.1) is 0 Å². The fourth-order valence-corrected chi connectivity index (χ4v) is 4.49. The van der Waals surface area contributed by atoms with Gasteiger partial charge in [-0.3, -0.25) is 14.4 Å². The highest BCUT2D eigenvalue weighted by molar-refractivity contribution is 5.92. The molecule has 0 saturated carbocycles. The first-order valence-electron chi connectivity index (χ1n) is 12.6. The normalized spacial score (nSPS) is 15.8. The topological polar surface area (TPSA) is 59.8 Å². The first-order chi connectivity index (χ1) is 17.2. The van der Waals surface area contributed by atoms with E-state index in [-0.39, 0.29) is 5.91 Å². The number of carbonyl (C=O) groups is 1. The van der Waals surface area contributed by atoms with Gasteiger partial charge in [0.05, 0.1) is 13.2 Å². The quantitative estimate of drug-likeness (QED) is 0.542. The lowest BCUT2D eigenvalue weighted by molar-refractivity contribution is 0.0716. The molecule has 0 atom stereocenters. The number of aryl methyl sites for hydroxylation is 1. The van der Waals surface area contributed by atoms with Crippen LogP contribution >= 0.6 is 0 Å². The second-order valence-corrected chi connectivity index (χ2v) is 8.92. The predicted octanol–water partition coefficient (Wildman–Crippen LogP) is 4.53. The monoisotopic (exact) mass is 476 g/mol. The third-order valence-electron chi connectivity index (χ3n) is 6.34.